The Hall–Kier alpha value is -2.54. The zero-order valence-electron chi connectivity index (χ0n) is 14.5. The third-order valence-corrected chi connectivity index (χ3v) is 4.65. The summed E-state index contributed by atoms with van der Waals surface area (Å²) in [5, 5.41) is 7.56. The van der Waals surface area contributed by atoms with E-state index in [9.17, 15) is 9.59 Å². The van der Waals surface area contributed by atoms with Gasteiger partial charge in [-0.25, -0.2) is 9.48 Å². The summed E-state index contributed by atoms with van der Waals surface area (Å²) in [6.07, 6.45) is 4.54. The zero-order valence-corrected chi connectivity index (χ0v) is 15.3. The lowest BCUT2D eigenvalue weighted by molar-refractivity contribution is 0.0860. The van der Waals surface area contributed by atoms with E-state index in [2.05, 4.69) is 10.4 Å². The van der Waals surface area contributed by atoms with Gasteiger partial charge in [0, 0.05) is 31.5 Å². The van der Waals surface area contributed by atoms with Crippen LogP contribution in [-0.4, -0.2) is 52.4 Å². The molecule has 8 heteroatoms. The number of carbonyl (C=O) groups is 2. The van der Waals surface area contributed by atoms with E-state index in [1.165, 1.54) is 0 Å². The van der Waals surface area contributed by atoms with Crippen LogP contribution >= 0.6 is 11.6 Å². The van der Waals surface area contributed by atoms with Crippen LogP contribution in [0.4, 0.5) is 4.79 Å². The molecular formula is C18H21ClN4O3. The van der Waals surface area contributed by atoms with E-state index in [-0.39, 0.29) is 18.0 Å². The number of carbonyl (C=O) groups excluding carboxylic acids is 2. The van der Waals surface area contributed by atoms with Gasteiger partial charge in [-0.1, -0.05) is 11.6 Å². The highest BCUT2D eigenvalue weighted by Gasteiger charge is 2.25. The topological polar surface area (TPSA) is 76.5 Å². The van der Waals surface area contributed by atoms with Gasteiger partial charge in [0.2, 0.25) is 0 Å². The highest BCUT2D eigenvalue weighted by Crippen LogP contribution is 2.21. The molecule has 0 atom stereocenters. The third kappa shape index (κ3) is 4.16. The predicted octanol–water partition coefficient (Wildman–Crippen LogP) is 2.88. The SMILES string of the molecule is CCOC(=O)N1CCC(NC(=O)c2cc(-n3cccn3)ccc2Cl)CC1. The molecule has 0 unspecified atom stereocenters. The molecule has 2 aromatic rings. The normalized spacial score (nSPS) is 14.9. The fourth-order valence-electron chi connectivity index (χ4n) is 2.94. The highest BCUT2D eigenvalue weighted by molar-refractivity contribution is 6.33. The van der Waals surface area contributed by atoms with Crippen LogP contribution in [-0.2, 0) is 4.74 Å². The molecule has 1 aromatic heterocycles. The van der Waals surface area contributed by atoms with Gasteiger partial charge in [-0.3, -0.25) is 4.79 Å². The third-order valence-electron chi connectivity index (χ3n) is 4.32. The van der Waals surface area contributed by atoms with Gasteiger partial charge < -0.3 is 15.0 Å². The van der Waals surface area contributed by atoms with E-state index in [0.717, 1.165) is 5.69 Å². The van der Waals surface area contributed by atoms with Gasteiger partial charge in [-0.05, 0) is 44.0 Å². The largest absolute Gasteiger partial charge is 0.450 e. The first kappa shape index (κ1) is 18.3. The molecule has 2 amide bonds. The van der Waals surface area contributed by atoms with Crippen molar-refractivity contribution in [3.8, 4) is 5.69 Å². The Morgan fingerprint density at radius 1 is 1.35 bits per heavy atom. The second-order valence-corrected chi connectivity index (χ2v) is 6.46. The second-order valence-electron chi connectivity index (χ2n) is 6.05. The fraction of sp³-hybridized carbons (Fsp3) is 0.389. The van der Waals surface area contributed by atoms with Crippen LogP contribution in [0.25, 0.3) is 5.69 Å². The summed E-state index contributed by atoms with van der Waals surface area (Å²) >= 11 is 6.21. The Labute approximate surface area is 156 Å². The molecular weight excluding hydrogens is 356 g/mol. The van der Waals surface area contributed by atoms with E-state index in [1.54, 1.807) is 41.0 Å². The number of hydrogen-bond acceptors (Lipinski definition) is 4. The summed E-state index contributed by atoms with van der Waals surface area (Å²) in [5.74, 6) is -0.224. The first-order valence-corrected chi connectivity index (χ1v) is 8.98. The molecule has 1 aliphatic rings. The maximum atomic E-state index is 12.6. The number of benzene rings is 1. The van der Waals surface area contributed by atoms with Gasteiger partial charge in [0.1, 0.15) is 0 Å². The number of nitrogens with zero attached hydrogens (tertiary/aromatic N) is 3. The summed E-state index contributed by atoms with van der Waals surface area (Å²) in [4.78, 5) is 26.0. The first-order valence-electron chi connectivity index (χ1n) is 8.60. The number of ether oxygens (including phenoxy) is 1. The van der Waals surface area contributed by atoms with E-state index >= 15 is 0 Å². The molecule has 1 N–H and O–H groups in total. The monoisotopic (exact) mass is 376 g/mol. The molecule has 0 spiro atoms. The van der Waals surface area contributed by atoms with Crippen LogP contribution in [0.15, 0.2) is 36.7 Å². The number of piperidine rings is 1. The molecule has 138 valence electrons. The van der Waals surface area contributed by atoms with Crippen LogP contribution < -0.4 is 5.32 Å². The maximum absolute atomic E-state index is 12.6. The summed E-state index contributed by atoms with van der Waals surface area (Å²) in [5.41, 5.74) is 1.18. The maximum Gasteiger partial charge on any atom is 0.409 e. The van der Waals surface area contributed by atoms with Gasteiger partial charge >= 0.3 is 6.09 Å². The lowest BCUT2D eigenvalue weighted by Gasteiger charge is -2.31. The number of hydrogen-bond donors (Lipinski definition) is 1. The van der Waals surface area contributed by atoms with Crippen molar-refractivity contribution in [2.45, 2.75) is 25.8 Å². The fourth-order valence-corrected chi connectivity index (χ4v) is 3.14. The summed E-state index contributed by atoms with van der Waals surface area (Å²) in [7, 11) is 0. The van der Waals surface area contributed by atoms with Gasteiger partial charge in [0.05, 0.1) is 22.9 Å². The smallest absolute Gasteiger partial charge is 0.409 e. The van der Waals surface area contributed by atoms with Crippen molar-refractivity contribution in [1.29, 1.82) is 0 Å². The molecule has 0 bridgehead atoms. The van der Waals surface area contributed by atoms with Crippen LogP contribution in [0.3, 0.4) is 0 Å². The van der Waals surface area contributed by atoms with Crippen LogP contribution in [0.1, 0.15) is 30.1 Å². The molecule has 1 fully saturated rings. The quantitative estimate of drug-likeness (QED) is 0.890. The lowest BCUT2D eigenvalue weighted by atomic mass is 10.0. The minimum absolute atomic E-state index is 0.00222. The number of likely N-dealkylation sites (tertiary alicyclic amines) is 1. The van der Waals surface area contributed by atoms with Crippen molar-refractivity contribution >= 4 is 23.6 Å². The Morgan fingerprint density at radius 2 is 2.12 bits per heavy atom. The minimum atomic E-state index is -0.299. The van der Waals surface area contributed by atoms with Gasteiger partial charge in [0.15, 0.2) is 0 Å². The number of nitrogens with one attached hydrogen (secondary N) is 1. The molecule has 7 nitrogen and oxygen atoms in total. The molecule has 1 aromatic carbocycles. The van der Waals surface area contributed by atoms with Crippen molar-refractivity contribution in [3.63, 3.8) is 0 Å². The van der Waals surface area contributed by atoms with Crippen LogP contribution in [0, 0.1) is 0 Å². The standard InChI is InChI=1S/C18H21ClN4O3/c1-2-26-18(25)22-10-6-13(7-11-22)21-17(24)15-12-14(4-5-16(15)19)23-9-3-8-20-23/h3-5,8-9,12-13H,2,6-7,10-11H2,1H3,(H,21,24). The Morgan fingerprint density at radius 3 is 2.77 bits per heavy atom. The van der Waals surface area contributed by atoms with Crippen molar-refractivity contribution in [1.82, 2.24) is 20.0 Å². The molecule has 2 heterocycles. The molecule has 0 saturated carbocycles. The molecule has 1 aliphatic heterocycles. The molecule has 1 saturated heterocycles. The van der Waals surface area contributed by atoms with Gasteiger partial charge in [-0.15, -0.1) is 0 Å². The molecule has 0 aliphatic carbocycles. The number of rotatable bonds is 4. The number of halogens is 1. The van der Waals surface area contributed by atoms with Crippen molar-refractivity contribution < 1.29 is 14.3 Å². The Bertz CT molecular complexity index is 771. The Balaban J connectivity index is 1.62. The molecule has 26 heavy (non-hydrogen) atoms. The van der Waals surface area contributed by atoms with E-state index < -0.39 is 0 Å². The van der Waals surface area contributed by atoms with E-state index in [1.807, 2.05) is 12.1 Å². The van der Waals surface area contributed by atoms with E-state index in [0.29, 0.717) is 43.1 Å². The average Bonchev–Trinajstić information content (AvgIpc) is 3.17. The van der Waals surface area contributed by atoms with Gasteiger partial charge in [0.25, 0.3) is 5.91 Å². The van der Waals surface area contributed by atoms with Crippen molar-refractivity contribution in [3.05, 3.63) is 47.2 Å². The first-order chi connectivity index (χ1) is 12.6. The van der Waals surface area contributed by atoms with Gasteiger partial charge in [-0.2, -0.15) is 5.10 Å². The van der Waals surface area contributed by atoms with Crippen molar-refractivity contribution in [2.75, 3.05) is 19.7 Å². The highest BCUT2D eigenvalue weighted by atomic mass is 35.5. The summed E-state index contributed by atoms with van der Waals surface area (Å²) < 4.78 is 6.68. The molecule has 0 radical (unpaired) electrons. The zero-order chi connectivity index (χ0) is 18.5. The predicted molar refractivity (Wildman–Crippen MR) is 97.7 cm³/mol. The summed E-state index contributed by atoms with van der Waals surface area (Å²) in [6, 6.07) is 7.03. The number of aromatic nitrogens is 2. The molecule has 3 rings (SSSR count). The minimum Gasteiger partial charge on any atom is -0.450 e. The second kappa shape index (κ2) is 8.23. The summed E-state index contributed by atoms with van der Waals surface area (Å²) in [6.45, 7) is 3.27. The lowest BCUT2D eigenvalue weighted by Crippen LogP contribution is -2.46. The Kier molecular flexibility index (Phi) is 5.78. The average molecular weight is 377 g/mol. The van der Waals surface area contributed by atoms with Crippen molar-refractivity contribution in [2.24, 2.45) is 0 Å². The number of amides is 2. The van der Waals surface area contributed by atoms with Crippen LogP contribution in [0.5, 0.6) is 0 Å². The van der Waals surface area contributed by atoms with Crippen LogP contribution in [0.2, 0.25) is 5.02 Å². The van der Waals surface area contributed by atoms with E-state index in [4.69, 9.17) is 16.3 Å².